The average molecular weight is 193 g/mol. The van der Waals surface area contributed by atoms with Crippen molar-refractivity contribution in [3.8, 4) is 11.5 Å². The molecular weight excluding hydrogens is 181 g/mol. The van der Waals surface area contributed by atoms with E-state index in [1.54, 1.807) is 0 Å². The molecule has 0 atom stereocenters. The lowest BCUT2D eigenvalue weighted by Gasteiger charge is -2.04. The van der Waals surface area contributed by atoms with Crippen LogP contribution in [0.5, 0.6) is 11.5 Å². The summed E-state index contributed by atoms with van der Waals surface area (Å²) >= 11 is 0. The summed E-state index contributed by atoms with van der Waals surface area (Å²) in [5.74, 6) is 1.48. The molecule has 1 aromatic carbocycles. The molecule has 0 amide bonds. The minimum absolute atomic E-state index is 0.565. The summed E-state index contributed by atoms with van der Waals surface area (Å²) in [4.78, 5) is 0. The predicted molar refractivity (Wildman–Crippen MR) is 53.3 cm³/mol. The molecule has 1 aliphatic heterocycles. The van der Waals surface area contributed by atoms with E-state index in [2.05, 4.69) is 5.32 Å². The van der Waals surface area contributed by atoms with Gasteiger partial charge in [0.2, 0.25) is 0 Å². The summed E-state index contributed by atoms with van der Waals surface area (Å²) in [6.07, 6.45) is 0. The fourth-order valence-electron chi connectivity index (χ4n) is 1.20. The van der Waals surface area contributed by atoms with Crippen LogP contribution in [0.25, 0.3) is 0 Å². The van der Waals surface area contributed by atoms with Crippen LogP contribution >= 0.6 is 0 Å². The summed E-state index contributed by atoms with van der Waals surface area (Å²) in [7, 11) is 1.27. The largest absolute Gasteiger partial charge is 0.788 e. The van der Waals surface area contributed by atoms with Gasteiger partial charge in [-0.25, -0.2) is 0 Å². The second kappa shape index (κ2) is 4.35. The third kappa shape index (κ3) is 2.00. The highest BCUT2D eigenvalue weighted by atomic mass is 16.8. The Morgan fingerprint density at radius 2 is 1.93 bits per heavy atom. The van der Waals surface area contributed by atoms with Gasteiger partial charge in [-0.1, -0.05) is 12.1 Å². The van der Waals surface area contributed by atoms with E-state index < -0.39 is 7.32 Å². The van der Waals surface area contributed by atoms with E-state index in [1.165, 1.54) is 0 Å². The van der Waals surface area contributed by atoms with E-state index in [9.17, 15) is 0 Å². The van der Waals surface area contributed by atoms with E-state index >= 15 is 0 Å². The number of fused-ring (bicyclic) bond motifs is 1. The van der Waals surface area contributed by atoms with E-state index in [0.29, 0.717) is 6.61 Å². The normalized spacial score (nSPS) is 13.4. The van der Waals surface area contributed by atoms with Gasteiger partial charge in [0.25, 0.3) is 0 Å². The predicted octanol–water partition coefficient (Wildman–Crippen LogP) is 0.679. The fourth-order valence-corrected chi connectivity index (χ4v) is 1.20. The highest BCUT2D eigenvalue weighted by molar-refractivity contribution is 6.40. The van der Waals surface area contributed by atoms with E-state index in [-0.39, 0.29) is 0 Å². The van der Waals surface area contributed by atoms with Crippen LogP contribution in [0.4, 0.5) is 0 Å². The molecule has 0 aliphatic carbocycles. The maximum Gasteiger partial charge on any atom is 0.788 e. The van der Waals surface area contributed by atoms with Gasteiger partial charge in [0, 0.05) is 13.2 Å². The van der Waals surface area contributed by atoms with Crippen molar-refractivity contribution in [1.82, 2.24) is 5.32 Å². The molecule has 0 saturated heterocycles. The van der Waals surface area contributed by atoms with Gasteiger partial charge in [-0.15, -0.1) is 0 Å². The first-order valence-electron chi connectivity index (χ1n) is 4.58. The Kier molecular flexibility index (Phi) is 2.91. The number of benzene rings is 1. The Hall–Kier alpha value is -1.20. The van der Waals surface area contributed by atoms with Crippen LogP contribution in [0.2, 0.25) is 0 Å². The molecule has 0 radical (unpaired) electrons. The molecule has 1 heterocycles. The summed E-state index contributed by atoms with van der Waals surface area (Å²) in [5, 5.41) is 2.98. The van der Waals surface area contributed by atoms with Gasteiger partial charge >= 0.3 is 7.32 Å². The fraction of sp³-hybridized carbons (Fsp3) is 0.333. The smallest absolute Gasteiger partial charge is 0.498 e. The molecule has 74 valence electrons. The van der Waals surface area contributed by atoms with Crippen molar-refractivity contribution in [3.63, 3.8) is 0 Å². The molecule has 0 saturated carbocycles. The van der Waals surface area contributed by atoms with Crippen LogP contribution < -0.4 is 14.6 Å². The lowest BCUT2D eigenvalue weighted by Crippen LogP contribution is -2.31. The van der Waals surface area contributed by atoms with E-state index in [4.69, 9.17) is 14.0 Å². The molecule has 0 unspecified atom stereocenters. The molecule has 4 nitrogen and oxygen atoms in total. The first kappa shape index (κ1) is 9.36. The highest BCUT2D eigenvalue weighted by Gasteiger charge is 2.34. The Morgan fingerprint density at radius 3 is 2.50 bits per heavy atom. The lowest BCUT2D eigenvalue weighted by molar-refractivity contribution is 0.224. The SMILES string of the molecule is CNCCOB1Oc2ccccc2O1. The van der Waals surface area contributed by atoms with Gasteiger partial charge in [-0.3, -0.25) is 0 Å². The summed E-state index contributed by atoms with van der Waals surface area (Å²) in [6.45, 7) is 1.34. The van der Waals surface area contributed by atoms with Gasteiger partial charge in [0.1, 0.15) is 11.5 Å². The number of rotatable bonds is 4. The zero-order valence-electron chi connectivity index (χ0n) is 8.03. The summed E-state index contributed by atoms with van der Waals surface area (Å²) in [5.41, 5.74) is 0. The number of hydrogen-bond donors (Lipinski definition) is 1. The summed E-state index contributed by atoms with van der Waals surface area (Å²) < 4.78 is 16.1. The van der Waals surface area contributed by atoms with Crippen LogP contribution in [-0.4, -0.2) is 27.5 Å². The first-order valence-corrected chi connectivity index (χ1v) is 4.58. The van der Waals surface area contributed by atoms with Crippen LogP contribution in [0, 0.1) is 0 Å². The second-order valence-electron chi connectivity index (χ2n) is 2.95. The Bertz CT molecular complexity index is 283. The van der Waals surface area contributed by atoms with Crippen molar-refractivity contribution in [3.05, 3.63) is 24.3 Å². The molecule has 0 bridgehead atoms. The molecule has 5 heteroatoms. The Labute approximate surface area is 83.3 Å². The van der Waals surface area contributed by atoms with Crippen LogP contribution in [0.15, 0.2) is 24.3 Å². The number of likely N-dealkylation sites (N-methyl/N-ethyl adjacent to an activating group) is 1. The maximum atomic E-state index is 5.38. The summed E-state index contributed by atoms with van der Waals surface area (Å²) in [6, 6.07) is 7.52. The van der Waals surface area contributed by atoms with Crippen molar-refractivity contribution >= 4 is 7.32 Å². The zero-order valence-corrected chi connectivity index (χ0v) is 8.03. The van der Waals surface area contributed by atoms with Crippen molar-refractivity contribution in [1.29, 1.82) is 0 Å². The van der Waals surface area contributed by atoms with Crippen molar-refractivity contribution in [2.75, 3.05) is 20.2 Å². The van der Waals surface area contributed by atoms with Gasteiger partial charge < -0.3 is 19.3 Å². The first-order chi connectivity index (χ1) is 6.90. The van der Waals surface area contributed by atoms with Crippen LogP contribution in [0.1, 0.15) is 0 Å². The topological polar surface area (TPSA) is 39.7 Å². The van der Waals surface area contributed by atoms with Crippen LogP contribution in [-0.2, 0) is 4.65 Å². The Balaban J connectivity index is 1.86. The maximum absolute atomic E-state index is 5.38. The molecule has 0 aromatic heterocycles. The molecular formula is C9H12BNO3. The molecule has 2 rings (SSSR count). The van der Waals surface area contributed by atoms with Crippen LogP contribution in [0.3, 0.4) is 0 Å². The average Bonchev–Trinajstić information content (AvgIpc) is 2.60. The molecule has 1 aromatic rings. The zero-order chi connectivity index (χ0) is 9.80. The highest BCUT2D eigenvalue weighted by Crippen LogP contribution is 2.32. The number of nitrogens with one attached hydrogen (secondary N) is 1. The van der Waals surface area contributed by atoms with Gasteiger partial charge in [-0.2, -0.15) is 0 Å². The van der Waals surface area contributed by atoms with Gasteiger partial charge in [0.05, 0.1) is 0 Å². The third-order valence-corrected chi connectivity index (χ3v) is 1.90. The monoisotopic (exact) mass is 193 g/mol. The molecule has 0 spiro atoms. The molecule has 14 heavy (non-hydrogen) atoms. The quantitative estimate of drug-likeness (QED) is 0.563. The lowest BCUT2D eigenvalue weighted by atomic mass is 10.2. The minimum Gasteiger partial charge on any atom is -0.498 e. The van der Waals surface area contributed by atoms with Gasteiger partial charge in [0.15, 0.2) is 0 Å². The second-order valence-corrected chi connectivity index (χ2v) is 2.95. The minimum atomic E-state index is -0.597. The molecule has 1 N–H and O–H groups in total. The number of hydrogen-bond acceptors (Lipinski definition) is 4. The number of para-hydroxylation sites is 2. The van der Waals surface area contributed by atoms with E-state index in [0.717, 1.165) is 18.0 Å². The van der Waals surface area contributed by atoms with Crippen molar-refractivity contribution in [2.45, 2.75) is 0 Å². The third-order valence-electron chi connectivity index (χ3n) is 1.90. The Morgan fingerprint density at radius 1 is 1.29 bits per heavy atom. The molecule has 1 aliphatic rings. The van der Waals surface area contributed by atoms with Crippen molar-refractivity contribution in [2.24, 2.45) is 0 Å². The standard InChI is InChI=1S/C9H12BNO3/c1-11-6-7-12-10-13-8-4-2-3-5-9(8)14-10/h2-5,11H,6-7H2,1H3. The van der Waals surface area contributed by atoms with E-state index in [1.807, 2.05) is 31.3 Å². The molecule has 0 fully saturated rings. The van der Waals surface area contributed by atoms with Crippen molar-refractivity contribution < 1.29 is 14.0 Å². The van der Waals surface area contributed by atoms with Gasteiger partial charge in [-0.05, 0) is 19.2 Å².